The molecule has 0 fully saturated rings. The molecule has 4 nitrogen and oxygen atoms in total. The second kappa shape index (κ2) is 5.85. The van der Waals surface area contributed by atoms with E-state index >= 15 is 0 Å². The van der Waals surface area contributed by atoms with Crippen LogP contribution in [0.4, 0.5) is 0 Å². The van der Waals surface area contributed by atoms with Gasteiger partial charge in [0, 0.05) is 11.6 Å². The Balaban J connectivity index is 2.06. The normalized spacial score (nSPS) is 10.6. The number of methoxy groups -OCH3 is 1. The van der Waals surface area contributed by atoms with Crippen LogP contribution in [-0.2, 0) is 16.0 Å². The lowest BCUT2D eigenvalue weighted by atomic mass is 10.1. The molecular weight excluding hydrogens is 280 g/mol. The third-order valence-corrected chi connectivity index (χ3v) is 3.42. The molecule has 1 aromatic heterocycles. The van der Waals surface area contributed by atoms with Gasteiger partial charge in [0.25, 0.3) is 0 Å². The van der Waals surface area contributed by atoms with Gasteiger partial charge < -0.3 is 9.15 Å². The molecule has 3 rings (SSSR count). The summed E-state index contributed by atoms with van der Waals surface area (Å²) in [6, 6.07) is 15.9. The van der Waals surface area contributed by atoms with Crippen LogP contribution >= 0.6 is 0 Å². The zero-order chi connectivity index (χ0) is 15.5. The van der Waals surface area contributed by atoms with Gasteiger partial charge in [-0.2, -0.15) is 0 Å². The Hall–Kier alpha value is -2.88. The van der Waals surface area contributed by atoms with Crippen LogP contribution in [-0.4, -0.2) is 13.1 Å². The first-order chi connectivity index (χ1) is 10.7. The highest BCUT2D eigenvalue weighted by molar-refractivity contribution is 5.79. The summed E-state index contributed by atoms with van der Waals surface area (Å²) in [7, 11) is 1.36. The average molecular weight is 294 g/mol. The van der Waals surface area contributed by atoms with E-state index in [1.165, 1.54) is 13.2 Å². The Bertz CT molecular complexity index is 893. The summed E-state index contributed by atoms with van der Waals surface area (Å²) < 4.78 is 10.5. The van der Waals surface area contributed by atoms with E-state index in [9.17, 15) is 9.59 Å². The molecule has 0 bridgehead atoms. The fourth-order valence-corrected chi connectivity index (χ4v) is 2.32. The maximum atomic E-state index is 12.1. The second-order valence-corrected chi connectivity index (χ2v) is 4.92. The van der Waals surface area contributed by atoms with Crippen molar-refractivity contribution in [1.82, 2.24) is 0 Å². The number of ether oxygens (including phenoxy) is 1. The first kappa shape index (κ1) is 14.1. The fourth-order valence-electron chi connectivity index (χ4n) is 2.32. The number of carbonyl (C=O) groups is 1. The van der Waals surface area contributed by atoms with Gasteiger partial charge in [0.2, 0.25) is 0 Å². The SMILES string of the molecule is COC(=O)Cc1cccc(-c2cc(=O)c3ccccc3o2)c1. The predicted octanol–water partition coefficient (Wildman–Crippen LogP) is 3.18. The summed E-state index contributed by atoms with van der Waals surface area (Å²) in [6.45, 7) is 0. The van der Waals surface area contributed by atoms with E-state index in [1.54, 1.807) is 18.2 Å². The lowest BCUT2D eigenvalue weighted by molar-refractivity contribution is -0.139. The van der Waals surface area contributed by atoms with Crippen molar-refractivity contribution in [2.75, 3.05) is 7.11 Å². The van der Waals surface area contributed by atoms with E-state index < -0.39 is 0 Å². The van der Waals surface area contributed by atoms with Crippen LogP contribution in [0.25, 0.3) is 22.3 Å². The van der Waals surface area contributed by atoms with Crippen molar-refractivity contribution < 1.29 is 13.9 Å². The third kappa shape index (κ3) is 2.76. The van der Waals surface area contributed by atoms with Crippen molar-refractivity contribution in [1.29, 1.82) is 0 Å². The standard InChI is InChI=1S/C18H14O4/c1-21-18(20)10-12-5-4-6-13(9-12)17-11-15(19)14-7-2-3-8-16(14)22-17/h2-9,11H,10H2,1H3. The van der Waals surface area contributed by atoms with Crippen LogP contribution in [0.3, 0.4) is 0 Å². The molecule has 0 aliphatic heterocycles. The number of fused-ring (bicyclic) bond motifs is 1. The number of benzene rings is 2. The summed E-state index contributed by atoms with van der Waals surface area (Å²) in [5.41, 5.74) is 2.02. The maximum absolute atomic E-state index is 12.1. The molecule has 0 atom stereocenters. The first-order valence-corrected chi connectivity index (χ1v) is 6.86. The van der Waals surface area contributed by atoms with E-state index in [0.29, 0.717) is 16.7 Å². The predicted molar refractivity (Wildman–Crippen MR) is 83.6 cm³/mol. The van der Waals surface area contributed by atoms with E-state index in [0.717, 1.165) is 11.1 Å². The summed E-state index contributed by atoms with van der Waals surface area (Å²) in [5, 5.41) is 0.553. The molecule has 3 aromatic rings. The first-order valence-electron chi connectivity index (χ1n) is 6.86. The molecular formula is C18H14O4. The number of hydrogen-bond acceptors (Lipinski definition) is 4. The smallest absolute Gasteiger partial charge is 0.309 e. The molecule has 0 unspecified atom stereocenters. The van der Waals surface area contributed by atoms with Crippen molar-refractivity contribution >= 4 is 16.9 Å². The summed E-state index contributed by atoms with van der Waals surface area (Å²) >= 11 is 0. The Morgan fingerprint density at radius 2 is 1.91 bits per heavy atom. The molecule has 0 amide bonds. The number of rotatable bonds is 3. The lowest BCUT2D eigenvalue weighted by Gasteiger charge is -2.05. The Kier molecular flexibility index (Phi) is 3.74. The zero-order valence-electron chi connectivity index (χ0n) is 12.0. The molecule has 0 radical (unpaired) electrons. The van der Waals surface area contributed by atoms with Gasteiger partial charge in [-0.3, -0.25) is 9.59 Å². The molecule has 0 saturated heterocycles. The summed E-state index contributed by atoms with van der Waals surface area (Å²) in [4.78, 5) is 23.5. The number of carbonyl (C=O) groups excluding carboxylic acids is 1. The number of esters is 1. The quantitative estimate of drug-likeness (QED) is 0.696. The van der Waals surface area contributed by atoms with Gasteiger partial charge in [0.05, 0.1) is 18.9 Å². The van der Waals surface area contributed by atoms with Crippen molar-refractivity contribution in [2.45, 2.75) is 6.42 Å². The lowest BCUT2D eigenvalue weighted by Crippen LogP contribution is -2.04. The summed E-state index contributed by atoms with van der Waals surface area (Å²) in [6.07, 6.45) is 0.183. The molecule has 4 heteroatoms. The second-order valence-electron chi connectivity index (χ2n) is 4.92. The van der Waals surface area contributed by atoms with Gasteiger partial charge in [0.1, 0.15) is 11.3 Å². The third-order valence-electron chi connectivity index (χ3n) is 3.42. The fraction of sp³-hybridized carbons (Fsp3) is 0.111. The van der Waals surface area contributed by atoms with Crippen LogP contribution < -0.4 is 5.43 Å². The molecule has 2 aromatic carbocycles. The van der Waals surface area contributed by atoms with Gasteiger partial charge in [-0.15, -0.1) is 0 Å². The molecule has 0 saturated carbocycles. The van der Waals surface area contributed by atoms with Gasteiger partial charge >= 0.3 is 5.97 Å². The molecule has 0 N–H and O–H groups in total. The van der Waals surface area contributed by atoms with E-state index in [2.05, 4.69) is 4.74 Å². The van der Waals surface area contributed by atoms with Crippen LogP contribution in [0, 0.1) is 0 Å². The Morgan fingerprint density at radius 3 is 2.73 bits per heavy atom. The Morgan fingerprint density at radius 1 is 1.09 bits per heavy atom. The largest absolute Gasteiger partial charge is 0.469 e. The summed E-state index contributed by atoms with van der Waals surface area (Å²) in [5.74, 6) is 0.174. The topological polar surface area (TPSA) is 56.5 Å². The van der Waals surface area contributed by atoms with E-state index in [1.807, 2.05) is 30.3 Å². The highest BCUT2D eigenvalue weighted by Gasteiger charge is 2.08. The van der Waals surface area contributed by atoms with Gasteiger partial charge in [-0.25, -0.2) is 0 Å². The monoisotopic (exact) mass is 294 g/mol. The van der Waals surface area contributed by atoms with Crippen LogP contribution in [0.2, 0.25) is 0 Å². The van der Waals surface area contributed by atoms with Crippen LogP contribution in [0.1, 0.15) is 5.56 Å². The number of hydrogen-bond donors (Lipinski definition) is 0. The van der Waals surface area contributed by atoms with Crippen molar-refractivity contribution in [2.24, 2.45) is 0 Å². The molecule has 0 aliphatic carbocycles. The van der Waals surface area contributed by atoms with Crippen molar-refractivity contribution in [3.63, 3.8) is 0 Å². The van der Waals surface area contributed by atoms with Gasteiger partial charge in [0.15, 0.2) is 5.43 Å². The minimum absolute atomic E-state index is 0.0878. The molecule has 1 heterocycles. The van der Waals surface area contributed by atoms with Crippen molar-refractivity contribution in [3.8, 4) is 11.3 Å². The zero-order valence-corrected chi connectivity index (χ0v) is 12.0. The van der Waals surface area contributed by atoms with E-state index in [4.69, 9.17) is 4.42 Å². The maximum Gasteiger partial charge on any atom is 0.309 e. The highest BCUT2D eigenvalue weighted by atomic mass is 16.5. The molecule has 22 heavy (non-hydrogen) atoms. The minimum atomic E-state index is -0.308. The molecule has 0 spiro atoms. The minimum Gasteiger partial charge on any atom is -0.469 e. The van der Waals surface area contributed by atoms with E-state index in [-0.39, 0.29) is 17.8 Å². The van der Waals surface area contributed by atoms with Gasteiger partial charge in [-0.05, 0) is 23.8 Å². The van der Waals surface area contributed by atoms with Crippen LogP contribution in [0.15, 0.2) is 63.8 Å². The highest BCUT2D eigenvalue weighted by Crippen LogP contribution is 2.23. The van der Waals surface area contributed by atoms with Gasteiger partial charge in [-0.1, -0.05) is 30.3 Å². The van der Waals surface area contributed by atoms with Crippen LogP contribution in [0.5, 0.6) is 0 Å². The van der Waals surface area contributed by atoms with Crippen molar-refractivity contribution in [3.05, 3.63) is 70.4 Å². The molecule has 110 valence electrons. The molecule has 0 aliphatic rings. The average Bonchev–Trinajstić information content (AvgIpc) is 2.55. The Labute approximate surface area is 127 Å². The number of para-hydroxylation sites is 1.